The Balaban J connectivity index is 1.57. The summed E-state index contributed by atoms with van der Waals surface area (Å²) in [5.74, 6) is 0.252. The molecule has 0 spiro atoms. The van der Waals surface area contributed by atoms with Crippen molar-refractivity contribution in [3.63, 3.8) is 0 Å². The first-order valence-electron chi connectivity index (χ1n) is 11.8. The van der Waals surface area contributed by atoms with Crippen LogP contribution in [0, 0.1) is 0 Å². The Hall–Kier alpha value is -3.79. The van der Waals surface area contributed by atoms with Crippen LogP contribution in [0.2, 0.25) is 0 Å². The molecule has 0 bridgehead atoms. The van der Waals surface area contributed by atoms with Gasteiger partial charge in [0.05, 0.1) is 31.1 Å². The quantitative estimate of drug-likeness (QED) is 0.555. The second-order valence-electron chi connectivity index (χ2n) is 8.16. The number of esters is 1. The molecule has 0 aliphatic carbocycles. The largest absolute Gasteiger partial charge is 0.494 e. The molecule has 0 saturated carbocycles. The van der Waals surface area contributed by atoms with E-state index in [9.17, 15) is 14.4 Å². The molecule has 10 heteroatoms. The zero-order valence-electron chi connectivity index (χ0n) is 19.9. The number of hydrogen-bond acceptors (Lipinski definition) is 7. The van der Waals surface area contributed by atoms with Gasteiger partial charge >= 0.3 is 12.0 Å². The monoisotopic (exact) mass is 482 g/mol. The maximum Gasteiger partial charge on any atom is 0.338 e. The standard InChI is InChI=1S/C25H30N4O6/c1-3-33-19-9-6-5-8-17(19)22-21(24(31)34-4-2)18(26-25(32)27-22)16-28-11-13-29(14-12-28)23(30)20-10-7-15-35-20/h5-10,15,22H,3-4,11-14,16H2,1-2H3,(H2,26,27,32)/t22-/m1/s1. The van der Waals surface area contributed by atoms with E-state index in [0.717, 1.165) is 0 Å². The highest BCUT2D eigenvalue weighted by Gasteiger charge is 2.36. The third-order valence-corrected chi connectivity index (χ3v) is 5.95. The summed E-state index contributed by atoms with van der Waals surface area (Å²) in [5.41, 5.74) is 1.50. The van der Waals surface area contributed by atoms with E-state index in [-0.39, 0.29) is 12.5 Å². The average molecular weight is 483 g/mol. The van der Waals surface area contributed by atoms with Gasteiger partial charge in [0, 0.05) is 44.0 Å². The molecule has 10 nitrogen and oxygen atoms in total. The first kappa shape index (κ1) is 24.3. The van der Waals surface area contributed by atoms with E-state index < -0.39 is 18.0 Å². The van der Waals surface area contributed by atoms with Crippen LogP contribution in [0.4, 0.5) is 4.79 Å². The molecule has 35 heavy (non-hydrogen) atoms. The highest BCUT2D eigenvalue weighted by Crippen LogP contribution is 2.34. The first-order valence-corrected chi connectivity index (χ1v) is 11.8. The molecule has 1 saturated heterocycles. The molecule has 0 unspecified atom stereocenters. The maximum absolute atomic E-state index is 13.1. The Bertz CT molecular complexity index is 1090. The summed E-state index contributed by atoms with van der Waals surface area (Å²) in [6.07, 6.45) is 1.48. The Morgan fingerprint density at radius 2 is 1.83 bits per heavy atom. The lowest BCUT2D eigenvalue weighted by atomic mass is 9.94. The number of ether oxygens (including phenoxy) is 2. The molecule has 3 heterocycles. The lowest BCUT2D eigenvalue weighted by Gasteiger charge is -2.37. The predicted octanol–water partition coefficient (Wildman–Crippen LogP) is 2.31. The van der Waals surface area contributed by atoms with Crippen molar-refractivity contribution in [3.05, 3.63) is 65.3 Å². The molecule has 1 aromatic carbocycles. The number of para-hydroxylation sites is 1. The number of rotatable bonds is 8. The first-order chi connectivity index (χ1) is 17.0. The second kappa shape index (κ2) is 11.1. The maximum atomic E-state index is 13.1. The molecule has 2 aliphatic rings. The molecule has 3 amide bonds. The minimum absolute atomic E-state index is 0.149. The number of hydrogen-bond donors (Lipinski definition) is 2. The average Bonchev–Trinajstić information content (AvgIpc) is 3.39. The zero-order chi connectivity index (χ0) is 24.8. The van der Waals surface area contributed by atoms with Crippen LogP contribution >= 0.6 is 0 Å². The van der Waals surface area contributed by atoms with E-state index in [1.54, 1.807) is 24.0 Å². The highest BCUT2D eigenvalue weighted by molar-refractivity contribution is 5.95. The summed E-state index contributed by atoms with van der Waals surface area (Å²) in [6, 6.07) is 9.53. The Morgan fingerprint density at radius 1 is 1.06 bits per heavy atom. The summed E-state index contributed by atoms with van der Waals surface area (Å²) < 4.78 is 16.4. The highest BCUT2D eigenvalue weighted by atomic mass is 16.5. The predicted molar refractivity (Wildman–Crippen MR) is 127 cm³/mol. The summed E-state index contributed by atoms with van der Waals surface area (Å²) in [7, 11) is 0. The van der Waals surface area contributed by atoms with E-state index in [0.29, 0.717) is 67.7 Å². The molecule has 2 aliphatic heterocycles. The third kappa shape index (κ3) is 5.48. The van der Waals surface area contributed by atoms with Crippen molar-refractivity contribution in [3.8, 4) is 5.75 Å². The third-order valence-electron chi connectivity index (χ3n) is 5.95. The summed E-state index contributed by atoms with van der Waals surface area (Å²) in [5, 5.41) is 5.67. The number of carbonyl (C=O) groups excluding carboxylic acids is 3. The number of furan rings is 1. The molecule has 186 valence electrons. The molecule has 1 fully saturated rings. The van der Waals surface area contributed by atoms with Gasteiger partial charge in [-0.15, -0.1) is 0 Å². The smallest absolute Gasteiger partial charge is 0.338 e. The van der Waals surface area contributed by atoms with Gasteiger partial charge in [0.1, 0.15) is 5.75 Å². The van der Waals surface area contributed by atoms with Gasteiger partial charge in [-0.25, -0.2) is 9.59 Å². The fourth-order valence-corrected chi connectivity index (χ4v) is 4.32. The van der Waals surface area contributed by atoms with Crippen LogP contribution < -0.4 is 15.4 Å². The molecule has 2 aromatic rings. The van der Waals surface area contributed by atoms with E-state index in [1.807, 2.05) is 31.2 Å². The Morgan fingerprint density at radius 3 is 2.51 bits per heavy atom. The van der Waals surface area contributed by atoms with Crippen LogP contribution in [0.5, 0.6) is 5.75 Å². The van der Waals surface area contributed by atoms with Crippen LogP contribution in [-0.4, -0.2) is 73.6 Å². The number of amides is 3. The van der Waals surface area contributed by atoms with E-state index in [1.165, 1.54) is 6.26 Å². The van der Waals surface area contributed by atoms with Crippen LogP contribution in [0.25, 0.3) is 0 Å². The van der Waals surface area contributed by atoms with E-state index >= 15 is 0 Å². The number of nitrogens with zero attached hydrogens (tertiary/aromatic N) is 2. The van der Waals surface area contributed by atoms with Gasteiger partial charge in [0.15, 0.2) is 5.76 Å². The minimum atomic E-state index is -0.720. The fourth-order valence-electron chi connectivity index (χ4n) is 4.32. The van der Waals surface area contributed by atoms with Gasteiger partial charge in [-0.1, -0.05) is 18.2 Å². The summed E-state index contributed by atoms with van der Waals surface area (Å²) in [6.45, 7) is 6.77. The van der Waals surface area contributed by atoms with Crippen molar-refractivity contribution >= 4 is 17.9 Å². The molecule has 0 radical (unpaired) electrons. The summed E-state index contributed by atoms with van der Waals surface area (Å²) >= 11 is 0. The van der Waals surface area contributed by atoms with Gasteiger partial charge in [-0.05, 0) is 32.0 Å². The molecule has 4 rings (SSSR count). The normalized spacial score (nSPS) is 18.6. The second-order valence-corrected chi connectivity index (χ2v) is 8.16. The van der Waals surface area contributed by atoms with E-state index in [2.05, 4.69) is 15.5 Å². The van der Waals surface area contributed by atoms with Crippen LogP contribution in [0.1, 0.15) is 36.0 Å². The minimum Gasteiger partial charge on any atom is -0.494 e. The number of carbonyl (C=O) groups is 3. The lowest BCUT2D eigenvalue weighted by Crippen LogP contribution is -2.52. The van der Waals surface area contributed by atoms with Gasteiger partial charge in [0.25, 0.3) is 5.91 Å². The van der Waals surface area contributed by atoms with Crippen molar-refractivity contribution in [2.45, 2.75) is 19.9 Å². The Kier molecular flexibility index (Phi) is 7.71. The van der Waals surface area contributed by atoms with Crippen LogP contribution in [0.15, 0.2) is 58.3 Å². The van der Waals surface area contributed by atoms with Crippen LogP contribution in [0.3, 0.4) is 0 Å². The van der Waals surface area contributed by atoms with Gasteiger partial charge < -0.3 is 29.4 Å². The van der Waals surface area contributed by atoms with Crippen molar-refractivity contribution in [2.24, 2.45) is 0 Å². The zero-order valence-corrected chi connectivity index (χ0v) is 19.9. The van der Waals surface area contributed by atoms with Gasteiger partial charge in [0.2, 0.25) is 0 Å². The topological polar surface area (TPSA) is 113 Å². The number of benzene rings is 1. The van der Waals surface area contributed by atoms with Gasteiger partial charge in [-0.3, -0.25) is 9.69 Å². The number of nitrogens with one attached hydrogen (secondary N) is 2. The van der Waals surface area contributed by atoms with Crippen LogP contribution in [-0.2, 0) is 9.53 Å². The number of urea groups is 1. The molecular formula is C25H30N4O6. The van der Waals surface area contributed by atoms with E-state index in [4.69, 9.17) is 13.9 Å². The van der Waals surface area contributed by atoms with Crippen molar-refractivity contribution in [2.75, 3.05) is 45.9 Å². The molecule has 1 aromatic heterocycles. The SMILES string of the molecule is CCOC(=O)C1=C(CN2CCN(C(=O)c3ccco3)CC2)NC(=O)N[C@@H]1c1ccccc1OCC. The number of piperazine rings is 1. The van der Waals surface area contributed by atoms with Gasteiger partial charge in [-0.2, -0.15) is 0 Å². The fraction of sp³-hybridized carbons (Fsp3) is 0.400. The molecule has 1 atom stereocenters. The Labute approximate surface area is 203 Å². The summed E-state index contributed by atoms with van der Waals surface area (Å²) in [4.78, 5) is 42.1. The molecule has 2 N–H and O–H groups in total. The molecular weight excluding hydrogens is 452 g/mol. The van der Waals surface area contributed by atoms with Crippen molar-refractivity contribution < 1.29 is 28.3 Å². The van der Waals surface area contributed by atoms with Crippen molar-refractivity contribution in [1.29, 1.82) is 0 Å². The van der Waals surface area contributed by atoms with Crippen molar-refractivity contribution in [1.82, 2.24) is 20.4 Å². The lowest BCUT2D eigenvalue weighted by molar-refractivity contribution is -0.139.